The molecular formula is C7H9BrN2O2. The molecule has 0 radical (unpaired) electrons. The number of morpholine rings is 1. The zero-order chi connectivity index (χ0) is 8.39. The summed E-state index contributed by atoms with van der Waals surface area (Å²) in [5.41, 5.74) is 0. The Kier molecular flexibility index (Phi) is 2.32. The molecule has 5 heteroatoms. The van der Waals surface area contributed by atoms with Gasteiger partial charge in [-0.3, -0.25) is 0 Å². The maximum absolute atomic E-state index is 5.30. The molecule has 2 heterocycles. The number of halogens is 1. The normalized spacial score (nSPS) is 18.2. The van der Waals surface area contributed by atoms with Crippen molar-refractivity contribution in [3.63, 3.8) is 0 Å². The fraction of sp³-hybridized carbons (Fsp3) is 0.571. The van der Waals surface area contributed by atoms with E-state index in [-0.39, 0.29) is 0 Å². The highest BCUT2D eigenvalue weighted by molar-refractivity contribution is 9.10. The van der Waals surface area contributed by atoms with Gasteiger partial charge in [0.15, 0.2) is 4.67 Å². The van der Waals surface area contributed by atoms with Crippen molar-refractivity contribution in [1.82, 2.24) is 4.98 Å². The van der Waals surface area contributed by atoms with Crippen LogP contribution in [-0.4, -0.2) is 31.3 Å². The zero-order valence-electron chi connectivity index (χ0n) is 6.49. The Morgan fingerprint density at radius 1 is 1.42 bits per heavy atom. The molecule has 12 heavy (non-hydrogen) atoms. The molecule has 1 aromatic rings. The molecular weight excluding hydrogens is 224 g/mol. The highest BCUT2D eigenvalue weighted by Crippen LogP contribution is 2.19. The summed E-state index contributed by atoms with van der Waals surface area (Å²) < 4.78 is 11.2. The summed E-state index contributed by atoms with van der Waals surface area (Å²) in [5.74, 6) is 0. The lowest BCUT2D eigenvalue weighted by Crippen LogP contribution is -2.36. The molecule has 1 aromatic heterocycles. The van der Waals surface area contributed by atoms with Crippen molar-refractivity contribution in [2.75, 3.05) is 31.2 Å². The molecule has 0 atom stereocenters. The van der Waals surface area contributed by atoms with Gasteiger partial charge in [0.05, 0.1) is 19.4 Å². The number of hydrogen-bond acceptors (Lipinski definition) is 4. The zero-order valence-corrected chi connectivity index (χ0v) is 8.08. The van der Waals surface area contributed by atoms with Gasteiger partial charge < -0.3 is 14.1 Å². The first-order valence-corrected chi connectivity index (χ1v) is 4.59. The van der Waals surface area contributed by atoms with Crippen molar-refractivity contribution in [1.29, 1.82) is 0 Å². The van der Waals surface area contributed by atoms with E-state index in [4.69, 9.17) is 9.15 Å². The summed E-state index contributed by atoms with van der Waals surface area (Å²) in [5, 5.41) is 0. The van der Waals surface area contributed by atoms with Gasteiger partial charge in [0.1, 0.15) is 0 Å². The number of rotatable bonds is 1. The lowest BCUT2D eigenvalue weighted by Gasteiger charge is -2.24. The summed E-state index contributed by atoms with van der Waals surface area (Å²) in [6.45, 7) is 3.21. The van der Waals surface area contributed by atoms with Crippen molar-refractivity contribution in [3.05, 3.63) is 10.9 Å². The van der Waals surface area contributed by atoms with Gasteiger partial charge in [-0.15, -0.1) is 0 Å². The lowest BCUT2D eigenvalue weighted by molar-refractivity contribution is 0.120. The molecule has 0 spiro atoms. The van der Waals surface area contributed by atoms with Crippen LogP contribution in [0.25, 0.3) is 0 Å². The first-order valence-electron chi connectivity index (χ1n) is 3.80. The van der Waals surface area contributed by atoms with Gasteiger partial charge in [-0.05, 0) is 15.9 Å². The molecule has 1 aliphatic heterocycles. The number of ether oxygens (including phenoxy) is 1. The van der Waals surface area contributed by atoms with E-state index in [1.165, 1.54) is 0 Å². The quantitative estimate of drug-likeness (QED) is 0.732. The molecule has 0 saturated carbocycles. The third-order valence-corrected chi connectivity index (χ3v) is 2.11. The van der Waals surface area contributed by atoms with Gasteiger partial charge in [0, 0.05) is 13.1 Å². The third-order valence-electron chi connectivity index (χ3n) is 1.75. The van der Waals surface area contributed by atoms with E-state index in [1.54, 1.807) is 6.20 Å². The van der Waals surface area contributed by atoms with Gasteiger partial charge in [-0.2, -0.15) is 0 Å². The van der Waals surface area contributed by atoms with Crippen LogP contribution in [0, 0.1) is 0 Å². The molecule has 0 bridgehead atoms. The van der Waals surface area contributed by atoms with E-state index >= 15 is 0 Å². The van der Waals surface area contributed by atoms with Crippen LogP contribution in [0.4, 0.5) is 6.01 Å². The molecule has 1 saturated heterocycles. The maximum atomic E-state index is 5.30. The topological polar surface area (TPSA) is 38.5 Å². The first kappa shape index (κ1) is 8.07. The van der Waals surface area contributed by atoms with Crippen molar-refractivity contribution < 1.29 is 9.15 Å². The molecule has 0 aromatic carbocycles. The molecule has 1 aliphatic rings. The highest BCUT2D eigenvalue weighted by atomic mass is 79.9. The SMILES string of the molecule is Brc1cnc(N2CCOCC2)o1. The predicted octanol–water partition coefficient (Wildman–Crippen LogP) is 1.27. The Bertz CT molecular complexity index is 258. The number of hydrogen-bond donors (Lipinski definition) is 0. The van der Waals surface area contributed by atoms with Crippen LogP contribution < -0.4 is 4.90 Å². The Morgan fingerprint density at radius 2 is 2.17 bits per heavy atom. The van der Waals surface area contributed by atoms with Gasteiger partial charge in [-0.1, -0.05) is 0 Å². The molecule has 1 fully saturated rings. The van der Waals surface area contributed by atoms with Gasteiger partial charge in [-0.25, -0.2) is 4.98 Å². The number of nitrogens with zero attached hydrogens (tertiary/aromatic N) is 2. The Hall–Kier alpha value is -0.550. The van der Waals surface area contributed by atoms with Crippen molar-refractivity contribution >= 4 is 21.9 Å². The Balaban J connectivity index is 2.08. The highest BCUT2D eigenvalue weighted by Gasteiger charge is 2.15. The van der Waals surface area contributed by atoms with Crippen molar-refractivity contribution in [2.24, 2.45) is 0 Å². The van der Waals surface area contributed by atoms with Gasteiger partial charge in [0.2, 0.25) is 0 Å². The second-order valence-electron chi connectivity index (χ2n) is 2.55. The largest absolute Gasteiger partial charge is 0.416 e. The second-order valence-corrected chi connectivity index (χ2v) is 3.33. The molecule has 2 rings (SSSR count). The van der Waals surface area contributed by atoms with Crippen LogP contribution in [0.15, 0.2) is 15.3 Å². The molecule has 4 nitrogen and oxygen atoms in total. The van der Waals surface area contributed by atoms with Crippen molar-refractivity contribution in [2.45, 2.75) is 0 Å². The monoisotopic (exact) mass is 232 g/mol. The molecule has 0 amide bonds. The minimum absolute atomic E-state index is 0.670. The molecule has 0 aliphatic carbocycles. The summed E-state index contributed by atoms with van der Waals surface area (Å²) in [6.07, 6.45) is 1.66. The van der Waals surface area contributed by atoms with Gasteiger partial charge in [0.25, 0.3) is 6.01 Å². The average Bonchev–Trinajstić information content (AvgIpc) is 2.54. The minimum atomic E-state index is 0.670. The van der Waals surface area contributed by atoms with Crippen molar-refractivity contribution in [3.8, 4) is 0 Å². The lowest BCUT2D eigenvalue weighted by atomic mass is 10.5. The van der Waals surface area contributed by atoms with E-state index < -0.39 is 0 Å². The van der Waals surface area contributed by atoms with E-state index in [2.05, 4.69) is 25.8 Å². The van der Waals surface area contributed by atoms with Crippen LogP contribution in [0.3, 0.4) is 0 Å². The molecule has 0 N–H and O–H groups in total. The van der Waals surface area contributed by atoms with Crippen LogP contribution in [0.2, 0.25) is 0 Å². The summed E-state index contributed by atoms with van der Waals surface area (Å²) in [4.78, 5) is 6.16. The minimum Gasteiger partial charge on any atom is -0.416 e. The standard InChI is InChI=1S/C7H9BrN2O2/c8-6-5-9-7(12-6)10-1-3-11-4-2-10/h5H,1-4H2. The van der Waals surface area contributed by atoms with Crippen LogP contribution >= 0.6 is 15.9 Å². The Morgan fingerprint density at radius 3 is 2.75 bits per heavy atom. The maximum Gasteiger partial charge on any atom is 0.298 e. The van der Waals surface area contributed by atoms with E-state index in [0.29, 0.717) is 10.7 Å². The third kappa shape index (κ3) is 1.61. The van der Waals surface area contributed by atoms with Gasteiger partial charge >= 0.3 is 0 Å². The average molecular weight is 233 g/mol. The van der Waals surface area contributed by atoms with E-state index in [1.807, 2.05) is 0 Å². The molecule has 0 unspecified atom stereocenters. The smallest absolute Gasteiger partial charge is 0.298 e. The molecule has 66 valence electrons. The predicted molar refractivity (Wildman–Crippen MR) is 47.2 cm³/mol. The first-order chi connectivity index (χ1) is 5.86. The van der Waals surface area contributed by atoms with Crippen LogP contribution in [0.5, 0.6) is 0 Å². The number of oxazole rings is 1. The fourth-order valence-electron chi connectivity index (χ4n) is 1.15. The fourth-order valence-corrected chi connectivity index (χ4v) is 1.39. The number of anilines is 1. The van der Waals surface area contributed by atoms with Crippen LogP contribution in [0.1, 0.15) is 0 Å². The van der Waals surface area contributed by atoms with E-state index in [9.17, 15) is 0 Å². The summed E-state index contributed by atoms with van der Waals surface area (Å²) in [7, 11) is 0. The number of aromatic nitrogens is 1. The summed E-state index contributed by atoms with van der Waals surface area (Å²) in [6, 6.07) is 0.671. The van der Waals surface area contributed by atoms with E-state index in [0.717, 1.165) is 26.3 Å². The summed E-state index contributed by atoms with van der Waals surface area (Å²) >= 11 is 3.21. The Labute approximate surface area is 78.6 Å². The second kappa shape index (κ2) is 3.45. The van der Waals surface area contributed by atoms with Crippen LogP contribution in [-0.2, 0) is 4.74 Å².